The van der Waals surface area contributed by atoms with Crippen LogP contribution in [0.4, 0.5) is 4.79 Å². The number of carbonyl (C=O) groups is 2. The van der Waals surface area contributed by atoms with E-state index in [9.17, 15) is 9.59 Å². The molecule has 1 saturated heterocycles. The van der Waals surface area contributed by atoms with Crippen molar-refractivity contribution in [3.05, 3.63) is 89.7 Å². The lowest BCUT2D eigenvalue weighted by Crippen LogP contribution is -2.49. The number of rotatable bonds is 8. The van der Waals surface area contributed by atoms with Gasteiger partial charge in [0.05, 0.1) is 6.04 Å². The van der Waals surface area contributed by atoms with Crippen LogP contribution in [0.3, 0.4) is 0 Å². The molecule has 0 N–H and O–H groups in total. The molecule has 2 aromatic carbocycles. The summed E-state index contributed by atoms with van der Waals surface area (Å²) in [7, 11) is 1.80. The van der Waals surface area contributed by atoms with Crippen molar-refractivity contribution in [2.45, 2.75) is 51.7 Å². The molecule has 0 radical (unpaired) electrons. The second-order valence-corrected chi connectivity index (χ2v) is 9.70. The van der Waals surface area contributed by atoms with Gasteiger partial charge in [-0.25, -0.2) is 4.79 Å². The van der Waals surface area contributed by atoms with E-state index < -0.39 is 5.60 Å². The van der Waals surface area contributed by atoms with Crippen molar-refractivity contribution in [1.29, 1.82) is 0 Å². The van der Waals surface area contributed by atoms with Gasteiger partial charge < -0.3 is 14.5 Å². The van der Waals surface area contributed by atoms with Crippen LogP contribution < -0.4 is 0 Å². The van der Waals surface area contributed by atoms with Crippen LogP contribution in [0, 0.1) is 6.92 Å². The van der Waals surface area contributed by atoms with Gasteiger partial charge in [-0.2, -0.15) is 0 Å². The minimum absolute atomic E-state index is 0.0366. The van der Waals surface area contributed by atoms with Crippen molar-refractivity contribution in [2.24, 2.45) is 0 Å². The molecule has 2 heterocycles. The Morgan fingerprint density at radius 1 is 1.11 bits per heavy atom. The molecule has 1 aliphatic rings. The number of nitrogens with zero attached hydrogens (tertiary/aromatic N) is 3. The highest BCUT2D eigenvalue weighted by Gasteiger charge is 2.43. The summed E-state index contributed by atoms with van der Waals surface area (Å²) in [5.74, 6) is 0.0366. The van der Waals surface area contributed by atoms with Gasteiger partial charge in [-0.3, -0.25) is 9.78 Å². The average molecular weight is 486 g/mol. The van der Waals surface area contributed by atoms with Gasteiger partial charge in [0.1, 0.15) is 5.60 Å². The second-order valence-electron chi connectivity index (χ2n) is 9.70. The Morgan fingerprint density at radius 2 is 1.83 bits per heavy atom. The Labute approximate surface area is 213 Å². The molecule has 2 atom stereocenters. The SMILES string of the molecule is CC(=O)N(C)CCC[C@]1(c2ccccc2)CCN([C@@H](C)c2ccc(-c3ccnc(C)c3)cc2)C(=O)O1. The number of pyridine rings is 1. The first-order valence-electron chi connectivity index (χ1n) is 12.6. The lowest BCUT2D eigenvalue weighted by atomic mass is 9.84. The van der Waals surface area contributed by atoms with Crippen molar-refractivity contribution in [1.82, 2.24) is 14.8 Å². The van der Waals surface area contributed by atoms with E-state index in [4.69, 9.17) is 4.74 Å². The number of hydrogen-bond acceptors (Lipinski definition) is 4. The van der Waals surface area contributed by atoms with Crippen LogP contribution in [0.1, 0.15) is 56.0 Å². The maximum Gasteiger partial charge on any atom is 0.411 e. The van der Waals surface area contributed by atoms with Gasteiger partial charge in [-0.15, -0.1) is 0 Å². The molecule has 6 nitrogen and oxygen atoms in total. The number of aryl methyl sites for hydroxylation is 1. The number of amides is 2. The number of cyclic esters (lactones) is 1. The van der Waals surface area contributed by atoms with Gasteiger partial charge in [-0.1, -0.05) is 54.6 Å². The third-order valence-corrected chi connectivity index (χ3v) is 7.28. The standard InChI is InChI=1S/C30H35N3O3/c1-22-21-27(15-18-31-22)26-13-11-25(12-14-26)23(2)33-20-17-30(36-29(33)35,28-9-6-5-7-10-28)16-8-19-32(4)24(3)34/h5-7,9-15,18,21,23H,8,16-17,19-20H2,1-4H3/t23-,30+/m0/s1. The molecular formula is C30H35N3O3. The third kappa shape index (κ3) is 5.59. The number of benzene rings is 2. The van der Waals surface area contributed by atoms with Gasteiger partial charge in [0, 0.05) is 45.4 Å². The predicted molar refractivity (Wildman–Crippen MR) is 141 cm³/mol. The molecule has 2 amide bonds. The molecule has 0 spiro atoms. The van der Waals surface area contributed by atoms with Crippen LogP contribution in [0.15, 0.2) is 72.9 Å². The van der Waals surface area contributed by atoms with E-state index in [-0.39, 0.29) is 18.0 Å². The number of carbonyl (C=O) groups excluding carboxylic acids is 2. The van der Waals surface area contributed by atoms with Crippen LogP contribution in [-0.2, 0) is 15.1 Å². The summed E-state index contributed by atoms with van der Waals surface area (Å²) in [5, 5.41) is 0. The van der Waals surface area contributed by atoms with E-state index in [1.807, 2.05) is 61.3 Å². The Balaban J connectivity index is 1.48. The maximum absolute atomic E-state index is 13.4. The molecular weight excluding hydrogens is 450 g/mol. The Morgan fingerprint density at radius 3 is 2.47 bits per heavy atom. The summed E-state index contributed by atoms with van der Waals surface area (Å²) in [6, 6.07) is 22.3. The zero-order valence-electron chi connectivity index (χ0n) is 21.6. The Bertz CT molecular complexity index is 1200. The Kier molecular flexibility index (Phi) is 7.73. The Hall–Kier alpha value is -3.67. The van der Waals surface area contributed by atoms with Crippen LogP contribution in [-0.4, -0.2) is 46.9 Å². The molecule has 0 saturated carbocycles. The molecule has 0 aliphatic carbocycles. The quantitative estimate of drug-likeness (QED) is 0.386. The van der Waals surface area contributed by atoms with Gasteiger partial charge in [0.2, 0.25) is 5.91 Å². The summed E-state index contributed by atoms with van der Waals surface area (Å²) in [6.45, 7) is 6.83. The highest BCUT2D eigenvalue weighted by atomic mass is 16.6. The highest BCUT2D eigenvalue weighted by Crippen LogP contribution is 2.40. The molecule has 1 aliphatic heterocycles. The van der Waals surface area contributed by atoms with Crippen LogP contribution in [0.2, 0.25) is 0 Å². The van der Waals surface area contributed by atoms with Gasteiger partial charge >= 0.3 is 6.09 Å². The first-order valence-corrected chi connectivity index (χ1v) is 12.6. The van der Waals surface area contributed by atoms with E-state index in [0.717, 1.165) is 34.4 Å². The first kappa shape index (κ1) is 25.4. The topological polar surface area (TPSA) is 62.7 Å². The summed E-state index contributed by atoms with van der Waals surface area (Å²) in [4.78, 5) is 32.8. The monoisotopic (exact) mass is 485 g/mol. The smallest absolute Gasteiger partial charge is 0.411 e. The lowest BCUT2D eigenvalue weighted by Gasteiger charge is -2.44. The maximum atomic E-state index is 13.4. The van der Waals surface area contributed by atoms with E-state index >= 15 is 0 Å². The molecule has 0 bridgehead atoms. The summed E-state index contributed by atoms with van der Waals surface area (Å²) in [6.07, 6.45) is 3.64. The van der Waals surface area contributed by atoms with E-state index in [0.29, 0.717) is 25.9 Å². The molecule has 0 unspecified atom stereocenters. The van der Waals surface area contributed by atoms with Crippen molar-refractivity contribution in [3.8, 4) is 11.1 Å². The fourth-order valence-corrected chi connectivity index (χ4v) is 4.90. The van der Waals surface area contributed by atoms with Crippen molar-refractivity contribution < 1.29 is 14.3 Å². The van der Waals surface area contributed by atoms with Crippen LogP contribution >= 0.6 is 0 Å². The molecule has 4 rings (SSSR count). The highest BCUT2D eigenvalue weighted by molar-refractivity contribution is 5.73. The molecule has 1 fully saturated rings. The predicted octanol–water partition coefficient (Wildman–Crippen LogP) is 6.11. The molecule has 6 heteroatoms. The first-order chi connectivity index (χ1) is 17.3. The summed E-state index contributed by atoms with van der Waals surface area (Å²) in [5.41, 5.74) is 4.62. The van der Waals surface area contributed by atoms with Crippen LogP contribution in [0.5, 0.6) is 0 Å². The summed E-state index contributed by atoms with van der Waals surface area (Å²) >= 11 is 0. The van der Waals surface area contributed by atoms with Crippen molar-refractivity contribution >= 4 is 12.0 Å². The molecule has 36 heavy (non-hydrogen) atoms. The van der Waals surface area contributed by atoms with Gasteiger partial charge in [-0.05, 0) is 61.1 Å². The molecule has 3 aromatic rings. The van der Waals surface area contributed by atoms with E-state index in [2.05, 4.69) is 35.3 Å². The minimum Gasteiger partial charge on any atom is -0.438 e. The zero-order valence-corrected chi connectivity index (χ0v) is 21.6. The van der Waals surface area contributed by atoms with E-state index in [1.165, 1.54) is 0 Å². The fourth-order valence-electron chi connectivity index (χ4n) is 4.90. The number of hydrogen-bond donors (Lipinski definition) is 0. The van der Waals surface area contributed by atoms with Crippen molar-refractivity contribution in [3.63, 3.8) is 0 Å². The molecule has 188 valence electrons. The molecule has 1 aromatic heterocycles. The van der Waals surface area contributed by atoms with Crippen LogP contribution in [0.25, 0.3) is 11.1 Å². The lowest BCUT2D eigenvalue weighted by molar-refractivity contribution is -0.128. The second kappa shape index (κ2) is 10.9. The zero-order chi connectivity index (χ0) is 25.7. The number of aromatic nitrogens is 1. The normalized spacial score (nSPS) is 18.4. The summed E-state index contributed by atoms with van der Waals surface area (Å²) < 4.78 is 6.24. The number of ether oxygens (including phenoxy) is 1. The van der Waals surface area contributed by atoms with Crippen molar-refractivity contribution in [2.75, 3.05) is 20.1 Å². The minimum atomic E-state index is -0.685. The third-order valence-electron chi connectivity index (χ3n) is 7.28. The fraction of sp³-hybridized carbons (Fsp3) is 0.367. The van der Waals surface area contributed by atoms with E-state index in [1.54, 1.807) is 18.9 Å². The largest absolute Gasteiger partial charge is 0.438 e. The van der Waals surface area contributed by atoms with Gasteiger partial charge in [0.15, 0.2) is 0 Å². The van der Waals surface area contributed by atoms with Gasteiger partial charge in [0.25, 0.3) is 0 Å². The average Bonchev–Trinajstić information content (AvgIpc) is 2.89.